The molecule has 2 rings (SSSR count). The third kappa shape index (κ3) is 5.03. The first-order valence-corrected chi connectivity index (χ1v) is 8.24. The largest absolute Gasteiger partial charge is 0.489 e. The van der Waals surface area contributed by atoms with Crippen LogP contribution in [0.25, 0.3) is 0 Å². The summed E-state index contributed by atoms with van der Waals surface area (Å²) in [5.41, 5.74) is 1.93. The van der Waals surface area contributed by atoms with Crippen LogP contribution in [-0.2, 0) is 5.41 Å². The highest BCUT2D eigenvalue weighted by Gasteiger charge is 2.27. The van der Waals surface area contributed by atoms with Gasteiger partial charge in [0.2, 0.25) is 0 Å². The molecule has 0 radical (unpaired) electrons. The molecule has 0 aliphatic carbocycles. The van der Waals surface area contributed by atoms with Crippen LogP contribution in [0.4, 0.5) is 0 Å². The van der Waals surface area contributed by atoms with E-state index in [4.69, 9.17) is 4.74 Å². The summed E-state index contributed by atoms with van der Waals surface area (Å²) in [6.07, 6.45) is 3.87. The lowest BCUT2D eigenvalue weighted by molar-refractivity contribution is 0.167. The van der Waals surface area contributed by atoms with Gasteiger partial charge in [-0.1, -0.05) is 46.8 Å². The second-order valence-electron chi connectivity index (χ2n) is 8.23. The van der Waals surface area contributed by atoms with Crippen LogP contribution in [0.15, 0.2) is 24.3 Å². The Bertz CT molecular complexity index is 436. The number of nitrogens with one attached hydrogen (secondary N) is 1. The Morgan fingerprint density at radius 2 is 1.76 bits per heavy atom. The maximum atomic E-state index is 6.06. The normalized spacial score (nSPS) is 20.3. The standard InChI is InChI=1S/C19H31NO/c1-18(2,3)14-19(4,5)15-8-10-16(11-9-15)21-17-7-6-12-20-13-17/h8-11,17,20H,6-7,12-14H2,1-5H3/t17-/m0/s1. The van der Waals surface area contributed by atoms with Crippen molar-refractivity contribution in [2.45, 2.75) is 65.4 Å². The molecule has 0 unspecified atom stereocenters. The molecule has 2 heteroatoms. The van der Waals surface area contributed by atoms with E-state index in [2.05, 4.69) is 64.2 Å². The molecule has 0 spiro atoms. The molecule has 1 N–H and O–H groups in total. The molecule has 1 aliphatic rings. The third-order valence-electron chi connectivity index (χ3n) is 4.16. The molecule has 1 aromatic carbocycles. The van der Waals surface area contributed by atoms with Gasteiger partial charge < -0.3 is 10.1 Å². The average Bonchev–Trinajstić information content (AvgIpc) is 2.38. The van der Waals surface area contributed by atoms with E-state index in [0.29, 0.717) is 11.5 Å². The van der Waals surface area contributed by atoms with Crippen molar-refractivity contribution in [1.82, 2.24) is 5.32 Å². The van der Waals surface area contributed by atoms with Crippen molar-refractivity contribution in [3.8, 4) is 5.75 Å². The summed E-state index contributed by atoms with van der Waals surface area (Å²) in [6.45, 7) is 13.7. The first kappa shape index (κ1) is 16.4. The van der Waals surface area contributed by atoms with Crippen molar-refractivity contribution in [3.05, 3.63) is 29.8 Å². The molecule has 1 saturated heterocycles. The maximum Gasteiger partial charge on any atom is 0.119 e. The van der Waals surface area contributed by atoms with Gasteiger partial charge in [0, 0.05) is 6.54 Å². The second-order valence-corrected chi connectivity index (χ2v) is 8.23. The Kier molecular flexibility index (Phi) is 4.98. The van der Waals surface area contributed by atoms with Gasteiger partial charge in [-0.25, -0.2) is 0 Å². The van der Waals surface area contributed by atoms with Gasteiger partial charge in [0.1, 0.15) is 11.9 Å². The molecule has 1 atom stereocenters. The van der Waals surface area contributed by atoms with E-state index >= 15 is 0 Å². The Balaban J connectivity index is 2.00. The fourth-order valence-electron chi connectivity index (χ4n) is 3.53. The Labute approximate surface area is 130 Å². The maximum absolute atomic E-state index is 6.06. The lowest BCUT2D eigenvalue weighted by Gasteiger charge is -2.33. The second kappa shape index (κ2) is 6.39. The van der Waals surface area contributed by atoms with Crippen LogP contribution < -0.4 is 10.1 Å². The molecule has 0 amide bonds. The molecule has 1 fully saturated rings. The minimum Gasteiger partial charge on any atom is -0.489 e. The average molecular weight is 289 g/mol. The number of ether oxygens (including phenoxy) is 1. The number of rotatable bonds is 4. The summed E-state index contributed by atoms with van der Waals surface area (Å²) in [6, 6.07) is 8.73. The Morgan fingerprint density at radius 1 is 1.10 bits per heavy atom. The summed E-state index contributed by atoms with van der Waals surface area (Å²) in [5.74, 6) is 0.999. The van der Waals surface area contributed by atoms with Gasteiger partial charge >= 0.3 is 0 Å². The molecule has 0 saturated carbocycles. The minimum absolute atomic E-state index is 0.198. The van der Waals surface area contributed by atoms with E-state index < -0.39 is 0 Å². The summed E-state index contributed by atoms with van der Waals surface area (Å²) in [4.78, 5) is 0. The van der Waals surface area contributed by atoms with Gasteiger partial charge in [0.15, 0.2) is 0 Å². The van der Waals surface area contributed by atoms with Gasteiger partial charge in [-0.2, -0.15) is 0 Å². The SMILES string of the molecule is CC(C)(C)CC(C)(C)c1ccc(O[C@H]2CCCNC2)cc1. The van der Waals surface area contributed by atoms with E-state index in [1.165, 1.54) is 18.4 Å². The molecule has 21 heavy (non-hydrogen) atoms. The minimum atomic E-state index is 0.198. The molecule has 0 bridgehead atoms. The number of hydrogen-bond donors (Lipinski definition) is 1. The van der Waals surface area contributed by atoms with Crippen LogP contribution in [0, 0.1) is 5.41 Å². The summed E-state index contributed by atoms with van der Waals surface area (Å²) >= 11 is 0. The van der Waals surface area contributed by atoms with Crippen molar-refractivity contribution < 1.29 is 4.74 Å². The molecule has 1 aliphatic heterocycles. The highest BCUT2D eigenvalue weighted by Crippen LogP contribution is 2.36. The van der Waals surface area contributed by atoms with Crippen molar-refractivity contribution >= 4 is 0 Å². The van der Waals surface area contributed by atoms with Gasteiger partial charge in [-0.15, -0.1) is 0 Å². The number of hydrogen-bond acceptors (Lipinski definition) is 2. The van der Waals surface area contributed by atoms with Crippen molar-refractivity contribution in [2.75, 3.05) is 13.1 Å². The first-order chi connectivity index (χ1) is 9.76. The highest BCUT2D eigenvalue weighted by atomic mass is 16.5. The quantitative estimate of drug-likeness (QED) is 0.879. The zero-order valence-corrected chi connectivity index (χ0v) is 14.3. The lowest BCUT2D eigenvalue weighted by Crippen LogP contribution is -2.37. The third-order valence-corrected chi connectivity index (χ3v) is 4.16. The number of piperidine rings is 1. The first-order valence-electron chi connectivity index (χ1n) is 8.24. The van der Waals surface area contributed by atoms with Crippen molar-refractivity contribution in [2.24, 2.45) is 5.41 Å². The topological polar surface area (TPSA) is 21.3 Å². The molecule has 118 valence electrons. The monoisotopic (exact) mass is 289 g/mol. The molecule has 2 nitrogen and oxygen atoms in total. The highest BCUT2D eigenvalue weighted by molar-refractivity contribution is 5.32. The molecule has 1 aromatic rings. The van der Waals surface area contributed by atoms with E-state index in [0.717, 1.165) is 25.3 Å². The summed E-state index contributed by atoms with van der Waals surface area (Å²) in [5, 5.41) is 3.39. The summed E-state index contributed by atoms with van der Waals surface area (Å²) in [7, 11) is 0. The zero-order valence-electron chi connectivity index (χ0n) is 14.3. The van der Waals surface area contributed by atoms with Gasteiger partial charge in [0.25, 0.3) is 0 Å². The summed E-state index contributed by atoms with van der Waals surface area (Å²) < 4.78 is 6.06. The van der Waals surface area contributed by atoms with E-state index in [1.54, 1.807) is 0 Å². The molecule has 0 aromatic heterocycles. The van der Waals surface area contributed by atoms with Crippen LogP contribution in [0.5, 0.6) is 5.75 Å². The van der Waals surface area contributed by atoms with Gasteiger partial charge in [-0.05, 0) is 54.3 Å². The van der Waals surface area contributed by atoms with E-state index in [1.807, 2.05) is 0 Å². The van der Waals surface area contributed by atoms with Crippen LogP contribution in [0.3, 0.4) is 0 Å². The van der Waals surface area contributed by atoms with Gasteiger partial charge in [0.05, 0.1) is 0 Å². The van der Waals surface area contributed by atoms with Crippen molar-refractivity contribution in [1.29, 1.82) is 0 Å². The van der Waals surface area contributed by atoms with Crippen LogP contribution in [-0.4, -0.2) is 19.2 Å². The lowest BCUT2D eigenvalue weighted by atomic mass is 9.72. The zero-order chi connectivity index (χ0) is 15.5. The van der Waals surface area contributed by atoms with Crippen LogP contribution >= 0.6 is 0 Å². The fraction of sp³-hybridized carbons (Fsp3) is 0.684. The Hall–Kier alpha value is -1.02. The van der Waals surface area contributed by atoms with E-state index in [9.17, 15) is 0 Å². The molecular formula is C19H31NO. The molecule has 1 heterocycles. The van der Waals surface area contributed by atoms with Crippen LogP contribution in [0.1, 0.15) is 59.4 Å². The van der Waals surface area contributed by atoms with Gasteiger partial charge in [-0.3, -0.25) is 0 Å². The van der Waals surface area contributed by atoms with Crippen LogP contribution in [0.2, 0.25) is 0 Å². The van der Waals surface area contributed by atoms with Crippen molar-refractivity contribution in [3.63, 3.8) is 0 Å². The molecular weight excluding hydrogens is 258 g/mol. The predicted molar refractivity (Wildman–Crippen MR) is 90.1 cm³/mol. The van der Waals surface area contributed by atoms with E-state index in [-0.39, 0.29) is 5.41 Å². The predicted octanol–water partition coefficient (Wildman–Crippen LogP) is 4.53. The smallest absolute Gasteiger partial charge is 0.119 e. The fourth-order valence-corrected chi connectivity index (χ4v) is 3.53. The Morgan fingerprint density at radius 3 is 2.29 bits per heavy atom. The number of benzene rings is 1.